The lowest BCUT2D eigenvalue weighted by Gasteiger charge is -2.12. The molecule has 1 amide bonds. The summed E-state index contributed by atoms with van der Waals surface area (Å²) >= 11 is 0. The minimum atomic E-state index is -0.268. The molecule has 31 heavy (non-hydrogen) atoms. The summed E-state index contributed by atoms with van der Waals surface area (Å²) in [6.45, 7) is 3.61. The molecule has 0 saturated heterocycles. The highest BCUT2D eigenvalue weighted by molar-refractivity contribution is 6.14. The van der Waals surface area contributed by atoms with Gasteiger partial charge in [0.2, 0.25) is 5.78 Å². The number of methoxy groups -OCH3 is 3. The van der Waals surface area contributed by atoms with Crippen molar-refractivity contribution in [3.8, 4) is 28.7 Å². The second kappa shape index (κ2) is 9.42. The summed E-state index contributed by atoms with van der Waals surface area (Å²) in [4.78, 5) is 24.5. The highest BCUT2D eigenvalue weighted by atomic mass is 16.5. The smallest absolute Gasteiger partial charge is 0.258 e. The van der Waals surface area contributed by atoms with E-state index in [1.807, 2.05) is 13.8 Å². The average molecular weight is 427 g/mol. The summed E-state index contributed by atoms with van der Waals surface area (Å²) in [7, 11) is 4.58. The largest absolute Gasteiger partial charge is 0.496 e. The molecular weight excluding hydrogens is 402 g/mol. The molecule has 1 aliphatic rings. The van der Waals surface area contributed by atoms with Crippen molar-refractivity contribution >= 4 is 17.8 Å². The molecule has 0 unspecified atom stereocenters. The molecule has 164 valence electrons. The quantitative estimate of drug-likeness (QED) is 0.647. The summed E-state index contributed by atoms with van der Waals surface area (Å²) in [5.41, 5.74) is 1.00. The maximum absolute atomic E-state index is 12.8. The van der Waals surface area contributed by atoms with Crippen LogP contribution in [0.5, 0.6) is 28.7 Å². The lowest BCUT2D eigenvalue weighted by atomic mass is 10.1. The molecule has 0 aromatic heterocycles. The van der Waals surface area contributed by atoms with E-state index < -0.39 is 0 Å². The molecule has 0 spiro atoms. The molecule has 0 bridgehead atoms. The fourth-order valence-electron chi connectivity index (χ4n) is 3.08. The summed E-state index contributed by atoms with van der Waals surface area (Å²) in [5.74, 6) is 1.92. The number of amides is 1. The van der Waals surface area contributed by atoms with Gasteiger partial charge in [0.05, 0.1) is 26.9 Å². The van der Waals surface area contributed by atoms with Gasteiger partial charge >= 0.3 is 0 Å². The van der Waals surface area contributed by atoms with Crippen molar-refractivity contribution in [1.29, 1.82) is 0 Å². The van der Waals surface area contributed by atoms with E-state index in [9.17, 15) is 9.59 Å². The van der Waals surface area contributed by atoms with Gasteiger partial charge in [-0.1, -0.05) is 0 Å². The standard InChI is InChI=1S/C23H25NO7/c1-13(2)24-22(25)12-30-15-6-7-16-18(10-15)31-21(23(16)26)9-14-8-19(28-4)20(29-5)11-17(14)27-3/h6-11,13H,12H2,1-5H3,(H,24,25). The molecular formula is C23H25NO7. The monoisotopic (exact) mass is 427 g/mol. The number of carbonyl (C=O) groups excluding carboxylic acids is 2. The Bertz CT molecular complexity index is 1030. The van der Waals surface area contributed by atoms with Gasteiger partial charge in [0.15, 0.2) is 23.9 Å². The van der Waals surface area contributed by atoms with Crippen molar-refractivity contribution in [3.63, 3.8) is 0 Å². The van der Waals surface area contributed by atoms with Crippen LogP contribution in [-0.2, 0) is 4.79 Å². The van der Waals surface area contributed by atoms with E-state index in [0.29, 0.717) is 39.9 Å². The van der Waals surface area contributed by atoms with Crippen LogP contribution >= 0.6 is 0 Å². The SMILES string of the molecule is COc1cc(OC)c(OC)cc1C=C1Oc2cc(OCC(=O)NC(C)C)ccc2C1=O. The Morgan fingerprint density at radius 3 is 2.35 bits per heavy atom. The molecule has 2 aromatic rings. The molecule has 2 aromatic carbocycles. The maximum atomic E-state index is 12.8. The van der Waals surface area contributed by atoms with Crippen molar-refractivity contribution in [2.75, 3.05) is 27.9 Å². The lowest BCUT2D eigenvalue weighted by Crippen LogP contribution is -2.34. The third kappa shape index (κ3) is 4.91. The number of hydrogen-bond acceptors (Lipinski definition) is 7. The van der Waals surface area contributed by atoms with Gasteiger partial charge in [-0.2, -0.15) is 0 Å². The van der Waals surface area contributed by atoms with E-state index in [4.69, 9.17) is 23.7 Å². The zero-order chi connectivity index (χ0) is 22.5. The van der Waals surface area contributed by atoms with Crippen molar-refractivity contribution in [2.45, 2.75) is 19.9 Å². The Labute approximate surface area is 180 Å². The number of nitrogens with one attached hydrogen (secondary N) is 1. The van der Waals surface area contributed by atoms with Crippen molar-refractivity contribution in [3.05, 3.63) is 47.2 Å². The van der Waals surface area contributed by atoms with Gasteiger partial charge in [-0.3, -0.25) is 9.59 Å². The van der Waals surface area contributed by atoms with Crippen LogP contribution in [0.3, 0.4) is 0 Å². The van der Waals surface area contributed by atoms with Crippen LogP contribution in [0.4, 0.5) is 0 Å². The number of carbonyl (C=O) groups is 2. The highest BCUT2D eigenvalue weighted by Crippen LogP contribution is 2.39. The lowest BCUT2D eigenvalue weighted by molar-refractivity contribution is -0.123. The Hall–Kier alpha value is -3.68. The molecule has 3 rings (SSSR count). The van der Waals surface area contributed by atoms with Crippen LogP contribution < -0.4 is 29.0 Å². The van der Waals surface area contributed by atoms with Crippen molar-refractivity contribution < 1.29 is 33.3 Å². The van der Waals surface area contributed by atoms with Crippen LogP contribution in [0, 0.1) is 0 Å². The van der Waals surface area contributed by atoms with Crippen LogP contribution in [0.15, 0.2) is 36.1 Å². The number of fused-ring (bicyclic) bond motifs is 1. The van der Waals surface area contributed by atoms with Gasteiger partial charge in [0.1, 0.15) is 17.2 Å². The zero-order valence-corrected chi connectivity index (χ0v) is 18.1. The normalized spacial score (nSPS) is 13.6. The summed E-state index contributed by atoms with van der Waals surface area (Å²) in [6.07, 6.45) is 1.58. The first kappa shape index (κ1) is 22.0. The number of benzene rings is 2. The summed E-state index contributed by atoms with van der Waals surface area (Å²) in [5, 5.41) is 2.75. The van der Waals surface area contributed by atoms with Gasteiger partial charge in [-0.05, 0) is 38.1 Å². The Balaban J connectivity index is 1.82. The van der Waals surface area contributed by atoms with Crippen LogP contribution in [0.1, 0.15) is 29.8 Å². The van der Waals surface area contributed by atoms with E-state index >= 15 is 0 Å². The molecule has 0 fully saturated rings. The van der Waals surface area contributed by atoms with E-state index in [1.165, 1.54) is 21.3 Å². The predicted molar refractivity (Wildman–Crippen MR) is 114 cm³/mol. The Kier molecular flexibility index (Phi) is 6.69. The summed E-state index contributed by atoms with van der Waals surface area (Å²) in [6, 6.07) is 8.22. The molecule has 0 aliphatic carbocycles. The average Bonchev–Trinajstić information content (AvgIpc) is 3.06. The number of ether oxygens (including phenoxy) is 5. The first-order chi connectivity index (χ1) is 14.9. The number of hydrogen-bond donors (Lipinski definition) is 1. The fourth-order valence-corrected chi connectivity index (χ4v) is 3.08. The van der Waals surface area contributed by atoms with E-state index in [0.717, 1.165) is 0 Å². The molecule has 8 heteroatoms. The molecule has 1 aliphatic heterocycles. The highest BCUT2D eigenvalue weighted by Gasteiger charge is 2.28. The van der Waals surface area contributed by atoms with Crippen molar-refractivity contribution in [1.82, 2.24) is 5.32 Å². The van der Waals surface area contributed by atoms with Crippen LogP contribution in [0.2, 0.25) is 0 Å². The topological polar surface area (TPSA) is 92.3 Å². The first-order valence-corrected chi connectivity index (χ1v) is 9.66. The second-order valence-corrected chi connectivity index (χ2v) is 7.06. The third-order valence-electron chi connectivity index (χ3n) is 4.48. The maximum Gasteiger partial charge on any atom is 0.258 e. The van der Waals surface area contributed by atoms with Crippen molar-refractivity contribution in [2.24, 2.45) is 0 Å². The number of Topliss-reactive ketones (excluding diaryl/α,β-unsaturated/α-hetero) is 1. The van der Waals surface area contributed by atoms with E-state index in [1.54, 1.807) is 36.4 Å². The van der Waals surface area contributed by atoms with Crippen LogP contribution in [0.25, 0.3) is 6.08 Å². The van der Waals surface area contributed by atoms with Gasteiger partial charge < -0.3 is 29.0 Å². The molecule has 8 nitrogen and oxygen atoms in total. The van der Waals surface area contributed by atoms with Gasteiger partial charge in [0, 0.05) is 23.7 Å². The Morgan fingerprint density at radius 1 is 1.03 bits per heavy atom. The fraction of sp³-hybridized carbons (Fsp3) is 0.304. The first-order valence-electron chi connectivity index (χ1n) is 9.66. The molecule has 0 atom stereocenters. The second-order valence-electron chi connectivity index (χ2n) is 7.06. The number of ketones is 1. The number of rotatable bonds is 8. The Morgan fingerprint density at radius 2 is 1.71 bits per heavy atom. The minimum Gasteiger partial charge on any atom is -0.496 e. The molecule has 1 heterocycles. The van der Waals surface area contributed by atoms with E-state index in [2.05, 4.69) is 5.32 Å². The molecule has 0 saturated carbocycles. The molecule has 1 N–H and O–H groups in total. The summed E-state index contributed by atoms with van der Waals surface area (Å²) < 4.78 is 27.3. The van der Waals surface area contributed by atoms with Gasteiger partial charge in [-0.25, -0.2) is 0 Å². The molecule has 0 radical (unpaired) electrons. The predicted octanol–water partition coefficient (Wildman–Crippen LogP) is 3.23. The van der Waals surface area contributed by atoms with Gasteiger partial charge in [-0.15, -0.1) is 0 Å². The zero-order valence-electron chi connectivity index (χ0n) is 18.1. The van der Waals surface area contributed by atoms with Gasteiger partial charge in [0.25, 0.3) is 5.91 Å². The number of allylic oxidation sites excluding steroid dienone is 1. The van der Waals surface area contributed by atoms with Crippen LogP contribution in [-0.4, -0.2) is 45.7 Å². The minimum absolute atomic E-state index is 0.0262. The van der Waals surface area contributed by atoms with E-state index in [-0.39, 0.29) is 30.1 Å². The third-order valence-corrected chi connectivity index (χ3v) is 4.48.